The Bertz CT molecular complexity index is 626. The largest absolute Gasteiger partial charge is 0.460 e. The van der Waals surface area contributed by atoms with Gasteiger partial charge >= 0.3 is 5.97 Å². The average Bonchev–Trinajstić information content (AvgIpc) is 2.54. The molecule has 2 aromatic carbocycles. The monoisotopic (exact) mass is 301 g/mol. The molecule has 0 heterocycles. The number of ether oxygens (including phenoxy) is 1. The zero-order valence-corrected chi connectivity index (χ0v) is 11.9. The van der Waals surface area contributed by atoms with Crippen molar-refractivity contribution in [2.75, 3.05) is 6.54 Å². The molecule has 1 amide bonds. The zero-order chi connectivity index (χ0) is 15.8. The summed E-state index contributed by atoms with van der Waals surface area (Å²) >= 11 is 0. The van der Waals surface area contributed by atoms with E-state index in [2.05, 4.69) is 5.32 Å². The summed E-state index contributed by atoms with van der Waals surface area (Å²) in [6, 6.07) is 14.9. The molecule has 0 aliphatic carbocycles. The summed E-state index contributed by atoms with van der Waals surface area (Å²) in [5.41, 5.74) is 1.56. The SMILES string of the molecule is O=C(Cc1ccc(F)cc1)NCC(=O)OCc1ccccc1. The third-order valence-electron chi connectivity index (χ3n) is 2.95. The Morgan fingerprint density at radius 1 is 0.955 bits per heavy atom. The van der Waals surface area contributed by atoms with E-state index in [-0.39, 0.29) is 31.3 Å². The van der Waals surface area contributed by atoms with E-state index in [1.807, 2.05) is 30.3 Å². The van der Waals surface area contributed by atoms with Crippen molar-refractivity contribution in [1.82, 2.24) is 5.32 Å². The Balaban J connectivity index is 1.69. The summed E-state index contributed by atoms with van der Waals surface area (Å²) in [4.78, 5) is 23.2. The van der Waals surface area contributed by atoms with Crippen molar-refractivity contribution in [1.29, 1.82) is 0 Å². The summed E-state index contributed by atoms with van der Waals surface area (Å²) in [6.07, 6.45) is 0.0895. The quantitative estimate of drug-likeness (QED) is 0.832. The topological polar surface area (TPSA) is 55.4 Å². The first kappa shape index (κ1) is 15.7. The molecule has 0 saturated heterocycles. The molecule has 0 unspecified atom stereocenters. The number of rotatable bonds is 6. The molecule has 0 radical (unpaired) electrons. The third kappa shape index (κ3) is 5.36. The summed E-state index contributed by atoms with van der Waals surface area (Å²) in [6.45, 7) is -0.0135. The molecule has 2 rings (SSSR count). The highest BCUT2D eigenvalue weighted by molar-refractivity contribution is 5.83. The van der Waals surface area contributed by atoms with E-state index in [0.29, 0.717) is 5.56 Å². The van der Waals surface area contributed by atoms with Gasteiger partial charge in [0.1, 0.15) is 19.0 Å². The number of benzene rings is 2. The second-order valence-corrected chi connectivity index (χ2v) is 4.73. The molecule has 0 aliphatic rings. The maximum Gasteiger partial charge on any atom is 0.325 e. The van der Waals surface area contributed by atoms with Crippen LogP contribution in [0.4, 0.5) is 4.39 Å². The van der Waals surface area contributed by atoms with Crippen molar-refractivity contribution in [3.63, 3.8) is 0 Å². The van der Waals surface area contributed by atoms with Crippen LogP contribution in [0.3, 0.4) is 0 Å². The molecule has 0 aliphatic heterocycles. The lowest BCUT2D eigenvalue weighted by Gasteiger charge is -2.07. The van der Waals surface area contributed by atoms with Gasteiger partial charge in [0.15, 0.2) is 0 Å². The molecule has 2 aromatic rings. The molecule has 0 fully saturated rings. The van der Waals surface area contributed by atoms with Crippen LogP contribution in [0.1, 0.15) is 11.1 Å². The fourth-order valence-electron chi connectivity index (χ4n) is 1.81. The number of esters is 1. The lowest BCUT2D eigenvalue weighted by molar-refractivity contribution is -0.145. The molecular formula is C17H16FNO3. The second-order valence-electron chi connectivity index (χ2n) is 4.73. The fourth-order valence-corrected chi connectivity index (χ4v) is 1.81. The molecular weight excluding hydrogens is 285 g/mol. The van der Waals surface area contributed by atoms with Crippen molar-refractivity contribution < 1.29 is 18.7 Å². The maximum absolute atomic E-state index is 12.7. The van der Waals surface area contributed by atoms with Crippen LogP contribution in [0.5, 0.6) is 0 Å². The number of nitrogens with one attached hydrogen (secondary N) is 1. The molecule has 0 atom stereocenters. The molecule has 22 heavy (non-hydrogen) atoms. The van der Waals surface area contributed by atoms with Crippen molar-refractivity contribution in [2.45, 2.75) is 13.0 Å². The van der Waals surface area contributed by atoms with Gasteiger partial charge < -0.3 is 10.1 Å². The van der Waals surface area contributed by atoms with Crippen LogP contribution in [0, 0.1) is 5.82 Å². The van der Waals surface area contributed by atoms with E-state index in [4.69, 9.17) is 4.74 Å². The van der Waals surface area contributed by atoms with E-state index in [0.717, 1.165) is 5.56 Å². The first-order chi connectivity index (χ1) is 10.6. The van der Waals surface area contributed by atoms with Gasteiger partial charge in [0.2, 0.25) is 5.91 Å². The predicted molar refractivity (Wildman–Crippen MR) is 79.4 cm³/mol. The van der Waals surface area contributed by atoms with Crippen molar-refractivity contribution >= 4 is 11.9 Å². The van der Waals surface area contributed by atoms with Gasteiger partial charge in [0.25, 0.3) is 0 Å². The summed E-state index contributed by atoms with van der Waals surface area (Å²) in [7, 11) is 0. The first-order valence-corrected chi connectivity index (χ1v) is 6.84. The van der Waals surface area contributed by atoms with Gasteiger partial charge in [-0.25, -0.2) is 4.39 Å². The average molecular weight is 301 g/mol. The van der Waals surface area contributed by atoms with Gasteiger partial charge in [-0.2, -0.15) is 0 Å². The lowest BCUT2D eigenvalue weighted by atomic mass is 10.1. The van der Waals surface area contributed by atoms with E-state index >= 15 is 0 Å². The molecule has 0 bridgehead atoms. The number of hydrogen-bond donors (Lipinski definition) is 1. The van der Waals surface area contributed by atoms with Crippen molar-refractivity contribution in [3.8, 4) is 0 Å². The summed E-state index contributed by atoms with van der Waals surface area (Å²) < 4.78 is 17.8. The van der Waals surface area contributed by atoms with Crippen molar-refractivity contribution in [3.05, 3.63) is 71.5 Å². The van der Waals surface area contributed by atoms with E-state index in [9.17, 15) is 14.0 Å². The number of halogens is 1. The van der Waals surface area contributed by atoms with Crippen LogP contribution in [0.15, 0.2) is 54.6 Å². The number of amides is 1. The minimum Gasteiger partial charge on any atom is -0.460 e. The van der Waals surface area contributed by atoms with Gasteiger partial charge in [-0.3, -0.25) is 9.59 Å². The van der Waals surface area contributed by atoms with Gasteiger partial charge in [-0.05, 0) is 23.3 Å². The lowest BCUT2D eigenvalue weighted by Crippen LogP contribution is -2.31. The molecule has 5 heteroatoms. The number of carbonyl (C=O) groups excluding carboxylic acids is 2. The Labute approximate surface area is 127 Å². The van der Waals surface area contributed by atoms with Gasteiger partial charge in [-0.15, -0.1) is 0 Å². The highest BCUT2D eigenvalue weighted by Gasteiger charge is 2.08. The molecule has 4 nitrogen and oxygen atoms in total. The Morgan fingerprint density at radius 3 is 2.32 bits per heavy atom. The normalized spacial score (nSPS) is 10.0. The zero-order valence-electron chi connectivity index (χ0n) is 11.9. The summed E-state index contributed by atoms with van der Waals surface area (Å²) in [5, 5.41) is 2.47. The minimum absolute atomic E-state index is 0.0895. The highest BCUT2D eigenvalue weighted by Crippen LogP contribution is 2.03. The fraction of sp³-hybridized carbons (Fsp3) is 0.176. The van der Waals surface area contributed by atoms with Crippen LogP contribution in [-0.4, -0.2) is 18.4 Å². The molecule has 114 valence electrons. The number of carbonyl (C=O) groups is 2. The van der Waals surface area contributed by atoms with Crippen LogP contribution in [0.2, 0.25) is 0 Å². The first-order valence-electron chi connectivity index (χ1n) is 6.84. The standard InChI is InChI=1S/C17H16FNO3/c18-15-8-6-13(7-9-15)10-16(20)19-11-17(21)22-12-14-4-2-1-3-5-14/h1-9H,10-12H2,(H,19,20). The van der Waals surface area contributed by atoms with Crippen LogP contribution < -0.4 is 5.32 Å². The Hall–Kier alpha value is -2.69. The van der Waals surface area contributed by atoms with Gasteiger partial charge in [-0.1, -0.05) is 42.5 Å². The van der Waals surface area contributed by atoms with E-state index < -0.39 is 5.97 Å². The summed E-state index contributed by atoms with van der Waals surface area (Å²) in [5.74, 6) is -1.17. The van der Waals surface area contributed by atoms with Gasteiger partial charge in [0, 0.05) is 0 Å². The Kier molecular flexibility index (Phi) is 5.65. The van der Waals surface area contributed by atoms with Crippen LogP contribution >= 0.6 is 0 Å². The smallest absolute Gasteiger partial charge is 0.325 e. The van der Waals surface area contributed by atoms with E-state index in [1.54, 1.807) is 0 Å². The molecule has 0 aromatic heterocycles. The van der Waals surface area contributed by atoms with Crippen molar-refractivity contribution in [2.24, 2.45) is 0 Å². The molecule has 0 saturated carbocycles. The molecule has 0 spiro atoms. The van der Waals surface area contributed by atoms with E-state index in [1.165, 1.54) is 24.3 Å². The van der Waals surface area contributed by atoms with Crippen LogP contribution in [0.25, 0.3) is 0 Å². The van der Waals surface area contributed by atoms with Gasteiger partial charge in [0.05, 0.1) is 6.42 Å². The Morgan fingerprint density at radius 2 is 1.64 bits per heavy atom. The van der Waals surface area contributed by atoms with Crippen LogP contribution in [-0.2, 0) is 27.4 Å². The minimum atomic E-state index is -0.503. The number of hydrogen-bond acceptors (Lipinski definition) is 3. The molecule has 1 N–H and O–H groups in total. The highest BCUT2D eigenvalue weighted by atomic mass is 19.1. The maximum atomic E-state index is 12.7. The third-order valence-corrected chi connectivity index (χ3v) is 2.95. The second kappa shape index (κ2) is 7.93. The predicted octanol–water partition coefficient (Wildman–Crippen LogP) is 2.23.